The molecule has 9 heteroatoms. The summed E-state index contributed by atoms with van der Waals surface area (Å²) in [6.07, 6.45) is 0. The molecule has 29 heavy (non-hydrogen) atoms. The van der Waals surface area contributed by atoms with Crippen molar-refractivity contribution >= 4 is 50.1 Å². The highest BCUT2D eigenvalue weighted by Crippen LogP contribution is 2.31. The number of benzene rings is 2. The van der Waals surface area contributed by atoms with Crippen molar-refractivity contribution in [1.29, 1.82) is 0 Å². The minimum atomic E-state index is -3.73. The molecule has 0 amide bonds. The summed E-state index contributed by atoms with van der Waals surface area (Å²) < 4.78 is 26.9. The molecule has 0 aliphatic carbocycles. The fourth-order valence-corrected chi connectivity index (χ4v) is 4.84. The van der Waals surface area contributed by atoms with Crippen molar-refractivity contribution in [3.63, 3.8) is 0 Å². The SMILES string of the molecule is CCN(CC)S(=O)(=O)c1ccc2nc(-c3ccc(Cl)c(Cl)c3)cc(C(=O)O)c2c1. The summed E-state index contributed by atoms with van der Waals surface area (Å²) in [6.45, 7) is 4.13. The van der Waals surface area contributed by atoms with Gasteiger partial charge in [-0.25, -0.2) is 18.2 Å². The molecule has 0 saturated carbocycles. The molecule has 0 spiro atoms. The number of carboxylic acid groups (broad SMARTS) is 1. The Kier molecular flexibility index (Phi) is 6.14. The summed E-state index contributed by atoms with van der Waals surface area (Å²) in [5, 5.41) is 10.7. The highest BCUT2D eigenvalue weighted by molar-refractivity contribution is 7.89. The highest BCUT2D eigenvalue weighted by Gasteiger charge is 2.23. The molecule has 3 rings (SSSR count). The van der Waals surface area contributed by atoms with E-state index in [-0.39, 0.29) is 15.8 Å². The van der Waals surface area contributed by atoms with Crippen LogP contribution in [0, 0.1) is 0 Å². The predicted molar refractivity (Wildman–Crippen MR) is 114 cm³/mol. The molecule has 0 fully saturated rings. The standard InChI is InChI=1S/C20H18Cl2N2O4S/c1-3-24(4-2)29(27,28)13-6-8-18-14(10-13)15(20(25)26)11-19(23-18)12-5-7-16(21)17(22)9-12/h5-11H,3-4H2,1-2H3,(H,25,26). The zero-order chi connectivity index (χ0) is 21.3. The van der Waals surface area contributed by atoms with Gasteiger partial charge in [-0.1, -0.05) is 43.1 Å². The third kappa shape index (κ3) is 4.09. The second-order valence-corrected chi connectivity index (χ2v) is 9.01. The fourth-order valence-electron chi connectivity index (χ4n) is 3.06. The first-order valence-corrected chi connectivity index (χ1v) is 11.0. The van der Waals surface area contributed by atoms with E-state index >= 15 is 0 Å². The van der Waals surface area contributed by atoms with Gasteiger partial charge < -0.3 is 5.11 Å². The van der Waals surface area contributed by atoms with Crippen LogP contribution in [0.3, 0.4) is 0 Å². The van der Waals surface area contributed by atoms with Gasteiger partial charge in [0, 0.05) is 24.0 Å². The van der Waals surface area contributed by atoms with Crippen molar-refractivity contribution in [2.75, 3.05) is 13.1 Å². The number of fused-ring (bicyclic) bond motifs is 1. The molecule has 0 aliphatic rings. The molecule has 2 aromatic carbocycles. The van der Waals surface area contributed by atoms with Crippen LogP contribution >= 0.6 is 23.2 Å². The number of carboxylic acids is 1. The lowest BCUT2D eigenvalue weighted by Crippen LogP contribution is -2.30. The molecule has 0 atom stereocenters. The average Bonchev–Trinajstić information content (AvgIpc) is 2.69. The minimum absolute atomic E-state index is 0.0280. The van der Waals surface area contributed by atoms with Gasteiger partial charge in [-0.3, -0.25) is 0 Å². The van der Waals surface area contributed by atoms with E-state index in [0.717, 1.165) is 0 Å². The van der Waals surface area contributed by atoms with Crippen molar-refractivity contribution in [1.82, 2.24) is 9.29 Å². The van der Waals surface area contributed by atoms with Gasteiger partial charge in [-0.2, -0.15) is 4.31 Å². The molecule has 3 aromatic rings. The minimum Gasteiger partial charge on any atom is -0.478 e. The quantitative estimate of drug-likeness (QED) is 0.572. The van der Waals surface area contributed by atoms with E-state index < -0.39 is 16.0 Å². The van der Waals surface area contributed by atoms with Crippen LogP contribution in [0.25, 0.3) is 22.2 Å². The van der Waals surface area contributed by atoms with Gasteiger partial charge in [0.25, 0.3) is 0 Å². The van der Waals surface area contributed by atoms with Gasteiger partial charge in [0.15, 0.2) is 0 Å². The first kappa shape index (κ1) is 21.5. The van der Waals surface area contributed by atoms with Crippen LogP contribution in [0.15, 0.2) is 47.4 Å². The monoisotopic (exact) mass is 452 g/mol. The summed E-state index contributed by atoms with van der Waals surface area (Å²) in [7, 11) is -3.73. The van der Waals surface area contributed by atoms with Crippen molar-refractivity contribution < 1.29 is 18.3 Å². The molecule has 0 radical (unpaired) electrons. The number of sulfonamides is 1. The Morgan fingerprint density at radius 3 is 2.31 bits per heavy atom. The Morgan fingerprint density at radius 1 is 1.03 bits per heavy atom. The third-order valence-electron chi connectivity index (χ3n) is 4.57. The molecule has 1 N–H and O–H groups in total. The predicted octanol–water partition coefficient (Wildman–Crippen LogP) is 4.94. The van der Waals surface area contributed by atoms with Crippen LogP contribution in [0.2, 0.25) is 10.0 Å². The van der Waals surface area contributed by atoms with Crippen molar-refractivity contribution in [3.05, 3.63) is 58.1 Å². The maximum absolute atomic E-state index is 12.8. The van der Waals surface area contributed by atoms with E-state index in [1.807, 2.05) is 0 Å². The normalized spacial score (nSPS) is 11.9. The molecule has 1 heterocycles. The fraction of sp³-hybridized carbons (Fsp3) is 0.200. The molecule has 1 aromatic heterocycles. The Balaban J connectivity index is 2.23. The molecular formula is C20H18Cl2N2O4S. The Labute approximate surface area is 178 Å². The van der Waals surface area contributed by atoms with Crippen molar-refractivity contribution in [2.24, 2.45) is 0 Å². The molecule has 0 aliphatic heterocycles. The number of hydrogen-bond acceptors (Lipinski definition) is 4. The van der Waals surface area contributed by atoms with Gasteiger partial charge >= 0.3 is 5.97 Å². The topological polar surface area (TPSA) is 87.6 Å². The third-order valence-corrected chi connectivity index (χ3v) is 7.35. The van der Waals surface area contributed by atoms with E-state index in [4.69, 9.17) is 23.2 Å². The number of hydrogen-bond donors (Lipinski definition) is 1. The van der Waals surface area contributed by atoms with E-state index in [9.17, 15) is 18.3 Å². The summed E-state index contributed by atoms with van der Waals surface area (Å²) >= 11 is 12.0. The maximum atomic E-state index is 12.8. The van der Waals surface area contributed by atoms with E-state index in [0.29, 0.717) is 39.9 Å². The van der Waals surface area contributed by atoms with Gasteiger partial charge in [0.1, 0.15) is 0 Å². The summed E-state index contributed by atoms with van der Waals surface area (Å²) in [5.74, 6) is -1.18. The van der Waals surface area contributed by atoms with E-state index in [1.165, 1.54) is 28.6 Å². The van der Waals surface area contributed by atoms with Crippen molar-refractivity contribution in [2.45, 2.75) is 18.7 Å². The summed E-state index contributed by atoms with van der Waals surface area (Å²) in [6, 6.07) is 10.6. The van der Waals surface area contributed by atoms with Crippen molar-refractivity contribution in [3.8, 4) is 11.3 Å². The zero-order valence-electron chi connectivity index (χ0n) is 15.7. The Morgan fingerprint density at radius 2 is 1.72 bits per heavy atom. The zero-order valence-corrected chi connectivity index (χ0v) is 18.0. The van der Waals surface area contributed by atoms with Crippen LogP contribution in [-0.4, -0.2) is 41.9 Å². The summed E-state index contributed by atoms with van der Waals surface area (Å²) in [4.78, 5) is 16.4. The number of nitrogens with zero attached hydrogens (tertiary/aromatic N) is 2. The van der Waals surface area contributed by atoms with Crippen LogP contribution in [0.4, 0.5) is 0 Å². The van der Waals surface area contributed by atoms with E-state index in [1.54, 1.807) is 32.0 Å². The van der Waals surface area contributed by atoms with Gasteiger partial charge in [-0.05, 0) is 36.4 Å². The van der Waals surface area contributed by atoms with Gasteiger partial charge in [-0.15, -0.1) is 0 Å². The number of aromatic nitrogens is 1. The molecule has 0 bridgehead atoms. The molecule has 152 valence electrons. The number of pyridine rings is 1. The number of rotatable bonds is 6. The lowest BCUT2D eigenvalue weighted by atomic mass is 10.0. The molecular weight excluding hydrogens is 435 g/mol. The second kappa shape index (κ2) is 8.28. The maximum Gasteiger partial charge on any atom is 0.336 e. The van der Waals surface area contributed by atoms with Crippen LogP contribution in [0.5, 0.6) is 0 Å². The van der Waals surface area contributed by atoms with Gasteiger partial charge in [0.05, 0.1) is 31.7 Å². The number of aromatic carboxylic acids is 1. The highest BCUT2D eigenvalue weighted by atomic mass is 35.5. The van der Waals surface area contributed by atoms with Crippen LogP contribution < -0.4 is 0 Å². The smallest absolute Gasteiger partial charge is 0.336 e. The first-order chi connectivity index (χ1) is 13.7. The van der Waals surface area contributed by atoms with Crippen LogP contribution in [-0.2, 0) is 10.0 Å². The first-order valence-electron chi connectivity index (χ1n) is 8.82. The largest absolute Gasteiger partial charge is 0.478 e. The van der Waals surface area contributed by atoms with E-state index in [2.05, 4.69) is 4.98 Å². The summed E-state index contributed by atoms with van der Waals surface area (Å²) in [5.41, 5.74) is 1.31. The lowest BCUT2D eigenvalue weighted by Gasteiger charge is -2.19. The number of carbonyl (C=O) groups is 1. The molecule has 0 saturated heterocycles. The molecule has 6 nitrogen and oxygen atoms in total. The lowest BCUT2D eigenvalue weighted by molar-refractivity contribution is 0.0699. The Bertz CT molecular complexity index is 1210. The van der Waals surface area contributed by atoms with Gasteiger partial charge in [0.2, 0.25) is 10.0 Å². The Hall–Kier alpha value is -2.19. The molecule has 0 unspecified atom stereocenters. The average molecular weight is 453 g/mol. The second-order valence-electron chi connectivity index (χ2n) is 6.26. The number of halogens is 2. The van der Waals surface area contributed by atoms with Crippen LogP contribution in [0.1, 0.15) is 24.2 Å².